The summed E-state index contributed by atoms with van der Waals surface area (Å²) in [6.07, 6.45) is 1.42. The fourth-order valence-corrected chi connectivity index (χ4v) is 5.52. The first-order valence-electron chi connectivity index (χ1n) is 13.3. The van der Waals surface area contributed by atoms with Crippen molar-refractivity contribution < 1.29 is 22.7 Å². The zero-order chi connectivity index (χ0) is 31.0. The maximum absolute atomic E-state index is 13.6. The maximum Gasteiger partial charge on any atom is 0.264 e. The summed E-state index contributed by atoms with van der Waals surface area (Å²) in [6.45, 7) is 4.99. The first kappa shape index (κ1) is 31.3. The van der Waals surface area contributed by atoms with E-state index in [1.165, 1.54) is 18.3 Å². The number of carbonyl (C=O) groups excluding carboxylic acids is 2. The topological polar surface area (TPSA) is 117 Å². The Bertz CT molecular complexity index is 1740. The van der Waals surface area contributed by atoms with Gasteiger partial charge in [-0.15, -0.1) is 0 Å². The number of benzene rings is 4. The molecule has 43 heavy (non-hydrogen) atoms. The summed E-state index contributed by atoms with van der Waals surface area (Å²) in [5.41, 5.74) is 6.74. The Morgan fingerprint density at radius 2 is 1.58 bits per heavy atom. The van der Waals surface area contributed by atoms with Crippen LogP contribution in [0.4, 0.5) is 11.4 Å². The number of para-hydroxylation sites is 1. The van der Waals surface area contributed by atoms with Gasteiger partial charge in [-0.25, -0.2) is 13.8 Å². The third-order valence-electron chi connectivity index (χ3n) is 6.48. The second-order valence-corrected chi connectivity index (χ2v) is 12.0. The average Bonchev–Trinajstić information content (AvgIpc) is 2.98. The SMILES string of the molecule is Cc1ccc(S(=O)(=O)N(CC(=O)N/N=C\c2ccc(OCC(=O)Nc3ccccc3Cl)cc2)c2ccc(C)c(C)c2)cc1. The van der Waals surface area contributed by atoms with Crippen LogP contribution in [-0.4, -0.2) is 39.6 Å². The van der Waals surface area contributed by atoms with E-state index in [1.54, 1.807) is 72.8 Å². The number of aryl methyl sites for hydroxylation is 3. The first-order chi connectivity index (χ1) is 20.5. The number of nitrogens with zero attached hydrogens (tertiary/aromatic N) is 2. The van der Waals surface area contributed by atoms with Crippen LogP contribution in [0, 0.1) is 20.8 Å². The van der Waals surface area contributed by atoms with Gasteiger partial charge < -0.3 is 10.1 Å². The lowest BCUT2D eigenvalue weighted by Gasteiger charge is -2.24. The van der Waals surface area contributed by atoms with Gasteiger partial charge in [0.2, 0.25) is 0 Å². The Kier molecular flexibility index (Phi) is 10.2. The smallest absolute Gasteiger partial charge is 0.264 e. The van der Waals surface area contributed by atoms with Gasteiger partial charge in [0.25, 0.3) is 21.8 Å². The van der Waals surface area contributed by atoms with Crippen molar-refractivity contribution in [3.8, 4) is 5.75 Å². The van der Waals surface area contributed by atoms with Crippen molar-refractivity contribution in [2.24, 2.45) is 5.10 Å². The van der Waals surface area contributed by atoms with Crippen molar-refractivity contribution in [1.29, 1.82) is 0 Å². The van der Waals surface area contributed by atoms with Gasteiger partial charge in [0.05, 0.1) is 27.5 Å². The lowest BCUT2D eigenvalue weighted by molar-refractivity contribution is -0.119. The van der Waals surface area contributed by atoms with Gasteiger partial charge >= 0.3 is 0 Å². The molecule has 0 radical (unpaired) electrons. The Morgan fingerprint density at radius 1 is 0.884 bits per heavy atom. The summed E-state index contributed by atoms with van der Waals surface area (Å²) in [5, 5.41) is 7.09. The van der Waals surface area contributed by atoms with Gasteiger partial charge in [0.15, 0.2) is 6.61 Å². The van der Waals surface area contributed by atoms with Crippen LogP contribution in [0.2, 0.25) is 5.02 Å². The minimum Gasteiger partial charge on any atom is -0.484 e. The number of ether oxygens (including phenoxy) is 1. The van der Waals surface area contributed by atoms with E-state index in [2.05, 4.69) is 15.8 Å². The maximum atomic E-state index is 13.6. The Labute approximate surface area is 256 Å². The summed E-state index contributed by atoms with van der Waals surface area (Å²) in [4.78, 5) is 25.1. The minimum atomic E-state index is -4.04. The molecular weight excluding hydrogens is 588 g/mol. The van der Waals surface area contributed by atoms with Crippen LogP contribution in [0.25, 0.3) is 0 Å². The summed E-state index contributed by atoms with van der Waals surface area (Å²) in [7, 11) is -4.04. The molecule has 0 saturated heterocycles. The van der Waals surface area contributed by atoms with E-state index in [4.69, 9.17) is 16.3 Å². The zero-order valence-electron chi connectivity index (χ0n) is 23.9. The highest BCUT2D eigenvalue weighted by Gasteiger charge is 2.27. The molecule has 0 spiro atoms. The molecule has 0 bridgehead atoms. The molecule has 2 N–H and O–H groups in total. The third-order valence-corrected chi connectivity index (χ3v) is 8.59. The molecule has 11 heteroatoms. The van der Waals surface area contributed by atoms with E-state index in [0.29, 0.717) is 27.7 Å². The largest absolute Gasteiger partial charge is 0.484 e. The third kappa shape index (κ3) is 8.43. The van der Waals surface area contributed by atoms with E-state index < -0.39 is 22.5 Å². The number of amides is 2. The van der Waals surface area contributed by atoms with Crippen LogP contribution in [0.15, 0.2) is 101 Å². The minimum absolute atomic E-state index is 0.0799. The Morgan fingerprint density at radius 3 is 2.26 bits per heavy atom. The van der Waals surface area contributed by atoms with Gasteiger partial charge in [-0.3, -0.25) is 13.9 Å². The molecule has 0 saturated carbocycles. The molecule has 0 atom stereocenters. The monoisotopic (exact) mass is 618 g/mol. The molecule has 4 aromatic rings. The number of hydrazone groups is 1. The molecule has 9 nitrogen and oxygen atoms in total. The molecule has 0 unspecified atom stereocenters. The van der Waals surface area contributed by atoms with Crippen molar-refractivity contribution in [2.75, 3.05) is 22.8 Å². The Balaban J connectivity index is 1.37. The van der Waals surface area contributed by atoms with Crippen molar-refractivity contribution in [2.45, 2.75) is 25.7 Å². The highest BCUT2D eigenvalue weighted by atomic mass is 35.5. The average molecular weight is 619 g/mol. The van der Waals surface area contributed by atoms with Crippen LogP contribution >= 0.6 is 11.6 Å². The highest BCUT2D eigenvalue weighted by molar-refractivity contribution is 7.92. The number of hydrogen-bond donors (Lipinski definition) is 2. The van der Waals surface area contributed by atoms with E-state index in [0.717, 1.165) is 21.0 Å². The lowest BCUT2D eigenvalue weighted by atomic mass is 10.1. The van der Waals surface area contributed by atoms with Crippen LogP contribution in [0.1, 0.15) is 22.3 Å². The quantitative estimate of drug-likeness (QED) is 0.167. The summed E-state index contributed by atoms with van der Waals surface area (Å²) < 4.78 is 33.7. The number of halogens is 1. The van der Waals surface area contributed by atoms with E-state index in [9.17, 15) is 18.0 Å². The molecule has 2 amide bonds. The van der Waals surface area contributed by atoms with Crippen molar-refractivity contribution in [3.63, 3.8) is 0 Å². The number of nitrogens with one attached hydrogen (secondary N) is 2. The first-order valence-corrected chi connectivity index (χ1v) is 15.1. The fourth-order valence-electron chi connectivity index (χ4n) is 3.93. The number of sulfonamides is 1. The molecule has 0 fully saturated rings. The predicted molar refractivity (Wildman–Crippen MR) is 169 cm³/mol. The second-order valence-electron chi connectivity index (χ2n) is 9.77. The zero-order valence-corrected chi connectivity index (χ0v) is 25.4. The molecule has 0 heterocycles. The molecule has 4 rings (SSSR count). The molecule has 4 aromatic carbocycles. The van der Waals surface area contributed by atoms with E-state index >= 15 is 0 Å². The molecular formula is C32H31ClN4O5S. The molecule has 222 valence electrons. The van der Waals surface area contributed by atoms with Crippen LogP contribution in [-0.2, 0) is 19.6 Å². The second kappa shape index (κ2) is 14.0. The van der Waals surface area contributed by atoms with E-state index in [-0.39, 0.29) is 17.4 Å². The summed E-state index contributed by atoms with van der Waals surface area (Å²) >= 11 is 6.05. The fraction of sp³-hybridized carbons (Fsp3) is 0.156. The Hall–Kier alpha value is -4.67. The molecule has 0 aliphatic carbocycles. The van der Waals surface area contributed by atoms with Crippen molar-refractivity contribution in [3.05, 3.63) is 118 Å². The van der Waals surface area contributed by atoms with Crippen molar-refractivity contribution >= 4 is 51.0 Å². The number of hydrogen-bond acceptors (Lipinski definition) is 6. The standard InChI is InChI=1S/C32H31ClN4O5S/c1-22-8-16-28(17-9-22)43(40,41)37(26-13-10-23(2)24(3)18-26)20-31(38)36-34-19-25-11-14-27(15-12-25)42-21-32(39)35-30-7-5-4-6-29(30)33/h4-19H,20-21H2,1-3H3,(H,35,39)(H,36,38)/b34-19-. The number of anilines is 2. The molecule has 0 aliphatic rings. The summed E-state index contributed by atoms with van der Waals surface area (Å²) in [5.74, 6) is -0.517. The van der Waals surface area contributed by atoms with Gasteiger partial charge in [-0.2, -0.15) is 5.10 Å². The number of carbonyl (C=O) groups is 2. The molecule has 0 aromatic heterocycles. The lowest BCUT2D eigenvalue weighted by Crippen LogP contribution is -2.39. The van der Waals surface area contributed by atoms with Gasteiger partial charge in [-0.05, 0) is 98.1 Å². The van der Waals surface area contributed by atoms with Gasteiger partial charge in [0.1, 0.15) is 12.3 Å². The summed E-state index contributed by atoms with van der Waals surface area (Å²) in [6, 6.07) is 25.3. The van der Waals surface area contributed by atoms with Gasteiger partial charge in [0, 0.05) is 0 Å². The van der Waals surface area contributed by atoms with Crippen LogP contribution < -0.4 is 19.8 Å². The predicted octanol–water partition coefficient (Wildman–Crippen LogP) is 5.63. The highest BCUT2D eigenvalue weighted by Crippen LogP contribution is 2.26. The molecule has 0 aliphatic heterocycles. The van der Waals surface area contributed by atoms with Crippen molar-refractivity contribution in [1.82, 2.24) is 5.43 Å². The van der Waals surface area contributed by atoms with Gasteiger partial charge in [-0.1, -0.05) is 47.5 Å². The van der Waals surface area contributed by atoms with E-state index in [1.807, 2.05) is 26.8 Å². The van der Waals surface area contributed by atoms with Crippen LogP contribution in [0.5, 0.6) is 5.75 Å². The van der Waals surface area contributed by atoms with Crippen LogP contribution in [0.3, 0.4) is 0 Å². The number of rotatable bonds is 11. The normalized spacial score (nSPS) is 11.3.